The van der Waals surface area contributed by atoms with Crippen LogP contribution in [-0.2, 0) is 4.79 Å². The number of piperazine rings is 1. The molecule has 0 unspecified atom stereocenters. The second-order valence-electron chi connectivity index (χ2n) is 8.36. The van der Waals surface area contributed by atoms with Gasteiger partial charge in [-0.1, -0.05) is 36.4 Å². The molecular formula is C26H31N3O2. The summed E-state index contributed by atoms with van der Waals surface area (Å²) in [5, 5.41) is 1.20. The molecule has 5 heteroatoms. The molecule has 1 aliphatic heterocycles. The fourth-order valence-corrected chi connectivity index (χ4v) is 4.26. The van der Waals surface area contributed by atoms with Gasteiger partial charge in [0.15, 0.2) is 0 Å². The van der Waals surface area contributed by atoms with Gasteiger partial charge in [0, 0.05) is 38.0 Å². The van der Waals surface area contributed by atoms with E-state index in [1.807, 2.05) is 23.1 Å². The van der Waals surface area contributed by atoms with Gasteiger partial charge in [-0.25, -0.2) is 4.98 Å². The molecule has 5 nitrogen and oxygen atoms in total. The van der Waals surface area contributed by atoms with Gasteiger partial charge in [-0.05, 0) is 56.0 Å². The quantitative estimate of drug-likeness (QED) is 0.547. The first-order chi connectivity index (χ1) is 15.0. The lowest BCUT2D eigenvalue weighted by molar-refractivity contribution is -0.131. The lowest BCUT2D eigenvalue weighted by Crippen LogP contribution is -2.49. The van der Waals surface area contributed by atoms with E-state index in [9.17, 15) is 4.79 Å². The average Bonchev–Trinajstić information content (AvgIpc) is 2.78. The summed E-state index contributed by atoms with van der Waals surface area (Å²) in [5.41, 5.74) is 4.54. The summed E-state index contributed by atoms with van der Waals surface area (Å²) >= 11 is 0. The molecule has 0 spiro atoms. The summed E-state index contributed by atoms with van der Waals surface area (Å²) in [4.78, 5) is 21.8. The van der Waals surface area contributed by atoms with Gasteiger partial charge in [-0.15, -0.1) is 0 Å². The predicted molar refractivity (Wildman–Crippen MR) is 126 cm³/mol. The largest absolute Gasteiger partial charge is 0.493 e. The molecule has 0 radical (unpaired) electrons. The van der Waals surface area contributed by atoms with Crippen LogP contribution in [0.1, 0.15) is 29.5 Å². The highest BCUT2D eigenvalue weighted by Gasteiger charge is 2.22. The van der Waals surface area contributed by atoms with E-state index in [4.69, 9.17) is 9.72 Å². The molecule has 3 aromatic rings. The van der Waals surface area contributed by atoms with Crippen molar-refractivity contribution in [1.82, 2.24) is 9.88 Å². The number of nitrogens with zero attached hydrogens (tertiary/aromatic N) is 3. The van der Waals surface area contributed by atoms with E-state index in [0.29, 0.717) is 13.0 Å². The standard InChI is InChI=1S/C26H31N3O2/c1-19-8-6-9-20(2)26(19)31-17-7-12-25(30)29-15-13-28(14-16-29)24-18-21(3)22-10-4-5-11-23(22)27-24/h4-6,8-11,18H,7,12-17H2,1-3H3. The van der Waals surface area contributed by atoms with Crippen LogP contribution in [0, 0.1) is 20.8 Å². The molecule has 1 aliphatic rings. The molecule has 4 rings (SSSR count). The number of carbonyl (C=O) groups is 1. The van der Waals surface area contributed by atoms with Crippen molar-refractivity contribution in [1.29, 1.82) is 0 Å². The molecule has 0 saturated carbocycles. The van der Waals surface area contributed by atoms with Crippen LogP contribution in [-0.4, -0.2) is 48.6 Å². The van der Waals surface area contributed by atoms with Gasteiger partial charge >= 0.3 is 0 Å². The summed E-state index contributed by atoms with van der Waals surface area (Å²) in [6.45, 7) is 9.92. The number of aromatic nitrogens is 1. The number of pyridine rings is 1. The number of benzene rings is 2. The Morgan fingerprint density at radius 2 is 1.65 bits per heavy atom. The third kappa shape index (κ3) is 4.82. The molecule has 1 aromatic heterocycles. The van der Waals surface area contributed by atoms with Crippen LogP contribution in [0.4, 0.5) is 5.82 Å². The number of fused-ring (bicyclic) bond motifs is 1. The topological polar surface area (TPSA) is 45.7 Å². The van der Waals surface area contributed by atoms with Crippen molar-refractivity contribution in [3.05, 3.63) is 65.2 Å². The number of ether oxygens (including phenoxy) is 1. The minimum Gasteiger partial charge on any atom is -0.493 e. The predicted octanol–water partition coefficient (Wildman–Crippen LogP) is 4.67. The normalized spacial score (nSPS) is 14.2. The van der Waals surface area contributed by atoms with Gasteiger partial charge in [0.1, 0.15) is 11.6 Å². The van der Waals surface area contributed by atoms with Crippen LogP contribution in [0.5, 0.6) is 5.75 Å². The zero-order valence-electron chi connectivity index (χ0n) is 18.7. The van der Waals surface area contributed by atoms with Crippen LogP contribution in [0.25, 0.3) is 10.9 Å². The summed E-state index contributed by atoms with van der Waals surface area (Å²) in [6, 6.07) is 16.6. The van der Waals surface area contributed by atoms with Gasteiger partial charge in [-0.3, -0.25) is 4.79 Å². The molecule has 162 valence electrons. The highest BCUT2D eigenvalue weighted by Crippen LogP contribution is 2.24. The summed E-state index contributed by atoms with van der Waals surface area (Å²) in [7, 11) is 0. The molecular weight excluding hydrogens is 386 g/mol. The number of aryl methyl sites for hydroxylation is 3. The molecule has 0 aliphatic carbocycles. The monoisotopic (exact) mass is 417 g/mol. The lowest BCUT2D eigenvalue weighted by atomic mass is 10.1. The Balaban J connectivity index is 1.26. The maximum Gasteiger partial charge on any atom is 0.222 e. The first-order valence-electron chi connectivity index (χ1n) is 11.1. The summed E-state index contributed by atoms with van der Waals surface area (Å²) < 4.78 is 5.94. The lowest BCUT2D eigenvalue weighted by Gasteiger charge is -2.35. The Bertz CT molecular complexity index is 1050. The minimum atomic E-state index is 0.215. The molecule has 1 fully saturated rings. The number of hydrogen-bond acceptors (Lipinski definition) is 4. The molecule has 2 aromatic carbocycles. The fraction of sp³-hybridized carbons (Fsp3) is 0.385. The number of amides is 1. The number of hydrogen-bond donors (Lipinski definition) is 0. The second-order valence-corrected chi connectivity index (χ2v) is 8.36. The van der Waals surface area contributed by atoms with Crippen molar-refractivity contribution in [2.75, 3.05) is 37.7 Å². The smallest absolute Gasteiger partial charge is 0.222 e. The molecule has 0 bridgehead atoms. The van der Waals surface area contributed by atoms with Crippen molar-refractivity contribution in [2.24, 2.45) is 0 Å². The van der Waals surface area contributed by atoms with E-state index in [1.165, 1.54) is 10.9 Å². The van der Waals surface area contributed by atoms with Crippen molar-refractivity contribution in [2.45, 2.75) is 33.6 Å². The van der Waals surface area contributed by atoms with Crippen LogP contribution >= 0.6 is 0 Å². The Morgan fingerprint density at radius 3 is 2.39 bits per heavy atom. The zero-order chi connectivity index (χ0) is 21.8. The third-order valence-electron chi connectivity index (χ3n) is 6.06. The van der Waals surface area contributed by atoms with Crippen LogP contribution in [0.2, 0.25) is 0 Å². The van der Waals surface area contributed by atoms with E-state index < -0.39 is 0 Å². The Labute approximate surface area is 184 Å². The third-order valence-corrected chi connectivity index (χ3v) is 6.06. The number of rotatable bonds is 6. The van der Waals surface area contributed by atoms with E-state index in [1.54, 1.807) is 0 Å². The fourth-order valence-electron chi connectivity index (χ4n) is 4.26. The van der Waals surface area contributed by atoms with Gasteiger partial charge in [0.05, 0.1) is 12.1 Å². The van der Waals surface area contributed by atoms with Crippen molar-refractivity contribution in [3.63, 3.8) is 0 Å². The second kappa shape index (κ2) is 9.38. The summed E-state index contributed by atoms with van der Waals surface area (Å²) in [5.74, 6) is 2.17. The summed E-state index contributed by atoms with van der Waals surface area (Å²) in [6.07, 6.45) is 1.26. The first kappa shape index (κ1) is 21.2. The average molecular weight is 418 g/mol. The zero-order valence-corrected chi connectivity index (χ0v) is 18.7. The van der Waals surface area contributed by atoms with Crippen molar-refractivity contribution in [3.8, 4) is 5.75 Å². The van der Waals surface area contributed by atoms with Gasteiger partial charge in [-0.2, -0.15) is 0 Å². The van der Waals surface area contributed by atoms with Gasteiger partial charge in [0.25, 0.3) is 0 Å². The van der Waals surface area contributed by atoms with E-state index in [0.717, 1.165) is 60.8 Å². The van der Waals surface area contributed by atoms with Gasteiger partial charge < -0.3 is 14.5 Å². The van der Waals surface area contributed by atoms with Crippen molar-refractivity contribution >= 4 is 22.6 Å². The van der Waals surface area contributed by atoms with E-state index >= 15 is 0 Å². The number of anilines is 1. The van der Waals surface area contributed by atoms with E-state index in [2.05, 4.69) is 56.0 Å². The van der Waals surface area contributed by atoms with Crippen LogP contribution in [0.15, 0.2) is 48.5 Å². The highest BCUT2D eigenvalue weighted by molar-refractivity contribution is 5.84. The number of para-hydroxylation sites is 2. The van der Waals surface area contributed by atoms with Crippen LogP contribution in [0.3, 0.4) is 0 Å². The first-order valence-corrected chi connectivity index (χ1v) is 11.1. The highest BCUT2D eigenvalue weighted by atomic mass is 16.5. The van der Waals surface area contributed by atoms with E-state index in [-0.39, 0.29) is 5.91 Å². The Kier molecular flexibility index (Phi) is 6.40. The van der Waals surface area contributed by atoms with Crippen LogP contribution < -0.4 is 9.64 Å². The molecule has 2 heterocycles. The number of carbonyl (C=O) groups excluding carboxylic acids is 1. The Hall–Kier alpha value is -3.08. The minimum absolute atomic E-state index is 0.215. The maximum absolute atomic E-state index is 12.7. The SMILES string of the molecule is Cc1cccc(C)c1OCCCC(=O)N1CCN(c2cc(C)c3ccccc3n2)CC1. The van der Waals surface area contributed by atoms with Crippen molar-refractivity contribution < 1.29 is 9.53 Å². The molecule has 0 atom stereocenters. The molecule has 0 N–H and O–H groups in total. The molecule has 1 saturated heterocycles. The Morgan fingerprint density at radius 1 is 0.935 bits per heavy atom. The molecule has 31 heavy (non-hydrogen) atoms. The molecule has 1 amide bonds. The maximum atomic E-state index is 12.7. The van der Waals surface area contributed by atoms with Gasteiger partial charge in [0.2, 0.25) is 5.91 Å².